The van der Waals surface area contributed by atoms with Crippen molar-refractivity contribution in [2.24, 2.45) is 17.8 Å². The van der Waals surface area contributed by atoms with E-state index in [1.165, 1.54) is 24.8 Å². The van der Waals surface area contributed by atoms with Crippen molar-refractivity contribution >= 4 is 0 Å². The molecule has 3 unspecified atom stereocenters. The molecule has 0 spiro atoms. The van der Waals surface area contributed by atoms with Gasteiger partial charge in [0.25, 0.3) is 0 Å². The summed E-state index contributed by atoms with van der Waals surface area (Å²) in [6, 6.07) is 0. The van der Waals surface area contributed by atoms with Crippen LogP contribution in [0, 0.1) is 17.8 Å². The Hall–Kier alpha value is -0.260. The van der Waals surface area contributed by atoms with Gasteiger partial charge < -0.3 is 0 Å². The summed E-state index contributed by atoms with van der Waals surface area (Å²) in [5.41, 5.74) is 1.47. The molecule has 0 amide bonds. The molecule has 3 atom stereocenters. The van der Waals surface area contributed by atoms with Gasteiger partial charge in [-0.15, -0.1) is 0 Å². The maximum atomic E-state index is 4.14. The van der Waals surface area contributed by atoms with Crippen molar-refractivity contribution in [3.63, 3.8) is 0 Å². The van der Waals surface area contributed by atoms with Crippen LogP contribution < -0.4 is 0 Å². The van der Waals surface area contributed by atoms with Crippen LogP contribution in [0.15, 0.2) is 12.2 Å². The molecule has 11 heavy (non-hydrogen) atoms. The lowest BCUT2D eigenvalue weighted by Gasteiger charge is -2.12. The Balaban J connectivity index is 2.58. The van der Waals surface area contributed by atoms with E-state index in [-0.39, 0.29) is 0 Å². The zero-order valence-corrected chi connectivity index (χ0v) is 8.06. The Labute approximate surface area is 70.7 Å². The highest BCUT2D eigenvalue weighted by molar-refractivity contribution is 5.02. The minimum absolute atomic E-state index is 0.759. The third-order valence-electron chi connectivity index (χ3n) is 2.87. The van der Waals surface area contributed by atoms with Crippen LogP contribution in [-0.2, 0) is 0 Å². The molecule has 0 bridgehead atoms. The van der Waals surface area contributed by atoms with Crippen LogP contribution in [0.5, 0.6) is 0 Å². The molecule has 0 heteroatoms. The lowest BCUT2D eigenvalue weighted by Crippen LogP contribution is -2.00. The standard InChI is InChI=1S/C11H20/c1-8-5-9(2)7-11(4)10(3)6-8/h8-9,11H,3,5-7H2,1-2,4H3. The van der Waals surface area contributed by atoms with E-state index in [1.54, 1.807) is 0 Å². The normalized spacial score (nSPS) is 40.3. The molecule has 1 saturated carbocycles. The topological polar surface area (TPSA) is 0 Å². The van der Waals surface area contributed by atoms with E-state index < -0.39 is 0 Å². The summed E-state index contributed by atoms with van der Waals surface area (Å²) in [5, 5.41) is 0. The third-order valence-corrected chi connectivity index (χ3v) is 2.87. The quantitative estimate of drug-likeness (QED) is 0.367. The summed E-state index contributed by atoms with van der Waals surface area (Å²) in [6.07, 6.45) is 4.00. The highest BCUT2D eigenvalue weighted by Crippen LogP contribution is 2.33. The Kier molecular flexibility index (Phi) is 2.75. The van der Waals surface area contributed by atoms with Crippen LogP contribution in [0.1, 0.15) is 40.0 Å². The zero-order chi connectivity index (χ0) is 8.43. The molecule has 0 N–H and O–H groups in total. The van der Waals surface area contributed by atoms with Gasteiger partial charge in [0.2, 0.25) is 0 Å². The molecule has 0 aromatic rings. The average Bonchev–Trinajstić information content (AvgIpc) is 1.93. The highest BCUT2D eigenvalue weighted by Gasteiger charge is 2.20. The average molecular weight is 152 g/mol. The summed E-state index contributed by atoms with van der Waals surface area (Å²) < 4.78 is 0. The summed E-state index contributed by atoms with van der Waals surface area (Å²) in [4.78, 5) is 0. The predicted molar refractivity (Wildman–Crippen MR) is 50.5 cm³/mol. The molecule has 1 fully saturated rings. The summed E-state index contributed by atoms with van der Waals surface area (Å²) in [5.74, 6) is 2.52. The predicted octanol–water partition coefficient (Wildman–Crippen LogP) is 3.63. The van der Waals surface area contributed by atoms with Crippen LogP contribution >= 0.6 is 0 Å². The number of hydrogen-bond donors (Lipinski definition) is 0. The Bertz CT molecular complexity index is 146. The maximum Gasteiger partial charge on any atom is -0.0232 e. The smallest absolute Gasteiger partial charge is 0.0232 e. The van der Waals surface area contributed by atoms with E-state index >= 15 is 0 Å². The first-order valence-corrected chi connectivity index (χ1v) is 4.77. The number of hydrogen-bond acceptors (Lipinski definition) is 0. The van der Waals surface area contributed by atoms with Crippen molar-refractivity contribution < 1.29 is 0 Å². The van der Waals surface area contributed by atoms with E-state index in [0.717, 1.165) is 17.8 Å². The number of rotatable bonds is 0. The van der Waals surface area contributed by atoms with E-state index in [9.17, 15) is 0 Å². The van der Waals surface area contributed by atoms with Gasteiger partial charge in [-0.2, -0.15) is 0 Å². The molecule has 0 nitrogen and oxygen atoms in total. The van der Waals surface area contributed by atoms with Gasteiger partial charge in [-0.05, 0) is 37.0 Å². The summed E-state index contributed by atoms with van der Waals surface area (Å²) >= 11 is 0. The van der Waals surface area contributed by atoms with Gasteiger partial charge in [-0.3, -0.25) is 0 Å². The highest BCUT2D eigenvalue weighted by atomic mass is 14.3. The fourth-order valence-electron chi connectivity index (χ4n) is 2.29. The fraction of sp³-hybridized carbons (Fsp3) is 0.818. The third kappa shape index (κ3) is 2.36. The van der Waals surface area contributed by atoms with Crippen LogP contribution in [0.4, 0.5) is 0 Å². The second-order valence-corrected chi connectivity index (χ2v) is 4.45. The first-order chi connectivity index (χ1) is 5.09. The molecule has 0 heterocycles. The summed E-state index contributed by atoms with van der Waals surface area (Å²) in [6.45, 7) is 11.2. The second-order valence-electron chi connectivity index (χ2n) is 4.45. The molecule has 0 aliphatic heterocycles. The minimum atomic E-state index is 0.759. The van der Waals surface area contributed by atoms with E-state index in [2.05, 4.69) is 27.4 Å². The Morgan fingerprint density at radius 1 is 1.09 bits per heavy atom. The minimum Gasteiger partial charge on any atom is -0.0996 e. The van der Waals surface area contributed by atoms with Crippen LogP contribution in [-0.4, -0.2) is 0 Å². The lowest BCUT2D eigenvalue weighted by molar-refractivity contribution is 0.407. The molecule has 0 saturated heterocycles. The van der Waals surface area contributed by atoms with Crippen molar-refractivity contribution in [1.29, 1.82) is 0 Å². The Morgan fingerprint density at radius 2 is 1.73 bits per heavy atom. The molecule has 0 aromatic carbocycles. The van der Waals surface area contributed by atoms with Crippen LogP contribution in [0.3, 0.4) is 0 Å². The lowest BCUT2D eigenvalue weighted by atomic mass is 9.94. The van der Waals surface area contributed by atoms with Crippen molar-refractivity contribution in [2.45, 2.75) is 40.0 Å². The van der Waals surface area contributed by atoms with Gasteiger partial charge in [-0.25, -0.2) is 0 Å². The van der Waals surface area contributed by atoms with Crippen molar-refractivity contribution in [3.05, 3.63) is 12.2 Å². The fourth-order valence-corrected chi connectivity index (χ4v) is 2.29. The van der Waals surface area contributed by atoms with Crippen molar-refractivity contribution in [2.75, 3.05) is 0 Å². The van der Waals surface area contributed by atoms with Crippen LogP contribution in [0.25, 0.3) is 0 Å². The molecular formula is C11H20. The first kappa shape index (κ1) is 8.83. The first-order valence-electron chi connectivity index (χ1n) is 4.77. The maximum absolute atomic E-state index is 4.14. The molecule has 1 aliphatic carbocycles. The monoisotopic (exact) mass is 152 g/mol. The molecule has 0 aromatic heterocycles. The number of allylic oxidation sites excluding steroid dienone is 1. The second kappa shape index (κ2) is 3.42. The molecule has 1 aliphatic rings. The Morgan fingerprint density at radius 3 is 2.36 bits per heavy atom. The van der Waals surface area contributed by atoms with Gasteiger partial charge in [0.15, 0.2) is 0 Å². The molecule has 64 valence electrons. The van der Waals surface area contributed by atoms with Gasteiger partial charge in [0, 0.05) is 0 Å². The van der Waals surface area contributed by atoms with Gasteiger partial charge in [0.1, 0.15) is 0 Å². The van der Waals surface area contributed by atoms with E-state index in [4.69, 9.17) is 0 Å². The molecule has 1 rings (SSSR count). The van der Waals surface area contributed by atoms with Gasteiger partial charge in [0.05, 0.1) is 0 Å². The molecule has 0 radical (unpaired) electrons. The van der Waals surface area contributed by atoms with Gasteiger partial charge >= 0.3 is 0 Å². The van der Waals surface area contributed by atoms with Gasteiger partial charge in [-0.1, -0.05) is 32.9 Å². The largest absolute Gasteiger partial charge is 0.0996 e. The van der Waals surface area contributed by atoms with Crippen LogP contribution in [0.2, 0.25) is 0 Å². The van der Waals surface area contributed by atoms with Crippen molar-refractivity contribution in [3.8, 4) is 0 Å². The van der Waals surface area contributed by atoms with Crippen molar-refractivity contribution in [1.82, 2.24) is 0 Å². The zero-order valence-electron chi connectivity index (χ0n) is 8.06. The summed E-state index contributed by atoms with van der Waals surface area (Å²) in [7, 11) is 0. The van der Waals surface area contributed by atoms with E-state index in [1.807, 2.05) is 0 Å². The molecular weight excluding hydrogens is 132 g/mol. The van der Waals surface area contributed by atoms with E-state index in [0.29, 0.717) is 0 Å². The SMILES string of the molecule is C=C1CC(C)CC(C)CC1C.